The molecule has 2 N–H and O–H groups in total. The summed E-state index contributed by atoms with van der Waals surface area (Å²) in [6.07, 6.45) is 1.56. The smallest absolute Gasteiger partial charge is 0.223 e. The van der Waals surface area contributed by atoms with Crippen LogP contribution >= 0.6 is 11.3 Å². The number of aromatic nitrogens is 3. The number of imidazole rings is 1. The Labute approximate surface area is 116 Å². The number of hydrogen-bond acceptors (Lipinski definition) is 7. The number of sulfonamides is 1. The van der Waals surface area contributed by atoms with Gasteiger partial charge in [0.25, 0.3) is 10.0 Å². The van der Waals surface area contributed by atoms with E-state index in [0.29, 0.717) is 16.2 Å². The maximum absolute atomic E-state index is 11.2. The predicted octanol–water partition coefficient (Wildman–Crippen LogP) is 1.50. The molecule has 0 unspecified atom stereocenters. The Bertz CT molecular complexity index is 881. The third-order valence-corrected chi connectivity index (χ3v) is 4.75. The fourth-order valence-electron chi connectivity index (χ4n) is 1.66. The lowest BCUT2D eigenvalue weighted by Gasteiger charge is -1.95. The molecule has 10 heteroatoms. The largest absolute Gasteiger partial charge is 0.267 e. The third kappa shape index (κ3) is 2.19. The zero-order valence-corrected chi connectivity index (χ0v) is 11.4. The number of nitrogens with two attached hydrogens (primary N) is 1. The molecule has 0 amide bonds. The molecule has 0 atom stereocenters. The lowest BCUT2D eigenvalue weighted by atomic mass is 10.1. The van der Waals surface area contributed by atoms with E-state index in [1.165, 1.54) is 4.52 Å². The van der Waals surface area contributed by atoms with Gasteiger partial charge < -0.3 is 0 Å². The zero-order valence-electron chi connectivity index (χ0n) is 9.79. The number of nitrogens with zero attached hydrogens (tertiary/aromatic N) is 4. The number of hydrogen-bond donors (Lipinski definition) is 1. The van der Waals surface area contributed by atoms with Crippen molar-refractivity contribution < 1.29 is 8.42 Å². The molecule has 0 saturated carbocycles. The van der Waals surface area contributed by atoms with E-state index in [-0.39, 0.29) is 10.0 Å². The van der Waals surface area contributed by atoms with Crippen molar-refractivity contribution in [2.24, 2.45) is 10.3 Å². The standard InChI is InChI=1S/C10H7N5O3S2/c11-20(17,18)10-13-15-5-8(12-9(15)19-10)6-2-1-3-7(4-6)14-16/h1-5H,(H2,11,17,18). The van der Waals surface area contributed by atoms with Crippen LogP contribution in [0.2, 0.25) is 0 Å². The number of nitroso groups, excluding NO2 is 1. The molecule has 0 aliphatic carbocycles. The van der Waals surface area contributed by atoms with E-state index in [2.05, 4.69) is 15.3 Å². The van der Waals surface area contributed by atoms with Crippen molar-refractivity contribution in [1.82, 2.24) is 14.6 Å². The van der Waals surface area contributed by atoms with Crippen molar-refractivity contribution in [3.05, 3.63) is 35.4 Å². The Kier molecular flexibility index (Phi) is 2.85. The second-order valence-corrected chi connectivity index (χ2v) is 6.60. The second-order valence-electron chi connectivity index (χ2n) is 3.91. The van der Waals surface area contributed by atoms with Gasteiger partial charge in [-0.25, -0.2) is 23.1 Å². The van der Waals surface area contributed by atoms with Crippen molar-refractivity contribution in [2.45, 2.75) is 4.34 Å². The number of primary sulfonamides is 1. The molecule has 3 rings (SSSR count). The van der Waals surface area contributed by atoms with Gasteiger partial charge >= 0.3 is 0 Å². The Morgan fingerprint density at radius 3 is 2.80 bits per heavy atom. The van der Waals surface area contributed by atoms with Crippen LogP contribution in [0.15, 0.2) is 40.0 Å². The molecule has 0 saturated heterocycles. The van der Waals surface area contributed by atoms with Crippen LogP contribution in [0.3, 0.4) is 0 Å². The molecule has 2 aromatic heterocycles. The van der Waals surface area contributed by atoms with Gasteiger partial charge in [0.2, 0.25) is 9.30 Å². The van der Waals surface area contributed by atoms with Crippen LogP contribution in [0.25, 0.3) is 16.2 Å². The highest BCUT2D eigenvalue weighted by Gasteiger charge is 2.17. The Balaban J connectivity index is 2.09. The van der Waals surface area contributed by atoms with Crippen molar-refractivity contribution in [3.8, 4) is 11.3 Å². The topological polar surface area (TPSA) is 120 Å². The second kappa shape index (κ2) is 4.44. The van der Waals surface area contributed by atoms with Crippen LogP contribution in [-0.4, -0.2) is 23.0 Å². The van der Waals surface area contributed by atoms with Crippen molar-refractivity contribution in [3.63, 3.8) is 0 Å². The fraction of sp³-hybridized carbons (Fsp3) is 0. The minimum Gasteiger partial charge on any atom is -0.223 e. The van der Waals surface area contributed by atoms with Gasteiger partial charge in [0.15, 0.2) is 0 Å². The molecule has 0 radical (unpaired) electrons. The SMILES string of the molecule is NS(=O)(=O)c1nn2cc(-c3cccc(N=O)c3)nc2s1. The van der Waals surface area contributed by atoms with E-state index in [1.54, 1.807) is 30.5 Å². The van der Waals surface area contributed by atoms with Crippen LogP contribution in [0.1, 0.15) is 0 Å². The summed E-state index contributed by atoms with van der Waals surface area (Å²) >= 11 is 0.872. The molecule has 0 bridgehead atoms. The van der Waals surface area contributed by atoms with E-state index in [4.69, 9.17) is 5.14 Å². The Morgan fingerprint density at radius 2 is 2.15 bits per heavy atom. The normalized spacial score (nSPS) is 11.8. The van der Waals surface area contributed by atoms with Gasteiger partial charge in [0, 0.05) is 5.56 Å². The minimum atomic E-state index is -3.83. The molecule has 0 spiro atoms. The average molecular weight is 309 g/mol. The molecule has 102 valence electrons. The first-order valence-electron chi connectivity index (χ1n) is 5.30. The van der Waals surface area contributed by atoms with Crippen LogP contribution in [0.4, 0.5) is 5.69 Å². The molecule has 1 aromatic carbocycles. The lowest BCUT2D eigenvalue weighted by Crippen LogP contribution is -2.12. The van der Waals surface area contributed by atoms with Crippen LogP contribution in [-0.2, 0) is 10.0 Å². The molecule has 3 aromatic rings. The van der Waals surface area contributed by atoms with E-state index < -0.39 is 10.0 Å². The van der Waals surface area contributed by atoms with Gasteiger partial charge in [0.1, 0.15) is 5.69 Å². The first kappa shape index (κ1) is 12.8. The summed E-state index contributed by atoms with van der Waals surface area (Å²) in [4.78, 5) is 15.1. The minimum absolute atomic E-state index is 0.199. The van der Waals surface area contributed by atoms with Gasteiger partial charge in [-0.3, -0.25) is 0 Å². The monoisotopic (exact) mass is 309 g/mol. The predicted molar refractivity (Wildman–Crippen MR) is 73.1 cm³/mol. The molecule has 8 nitrogen and oxygen atoms in total. The number of rotatable bonds is 3. The highest BCUT2D eigenvalue weighted by molar-refractivity contribution is 7.91. The maximum Gasteiger partial charge on any atom is 0.267 e. The van der Waals surface area contributed by atoms with Gasteiger partial charge in [-0.2, -0.15) is 0 Å². The third-order valence-electron chi connectivity index (χ3n) is 2.52. The molecular formula is C10H7N5O3S2. The molecule has 2 heterocycles. The summed E-state index contributed by atoms with van der Waals surface area (Å²) in [5.74, 6) is 0. The molecule has 20 heavy (non-hydrogen) atoms. The van der Waals surface area contributed by atoms with Crippen molar-refractivity contribution in [1.29, 1.82) is 0 Å². The van der Waals surface area contributed by atoms with Gasteiger partial charge in [-0.15, -0.1) is 10.0 Å². The zero-order chi connectivity index (χ0) is 14.3. The van der Waals surface area contributed by atoms with Gasteiger partial charge in [0.05, 0.1) is 11.9 Å². The first-order chi connectivity index (χ1) is 9.47. The lowest BCUT2D eigenvalue weighted by molar-refractivity contribution is 0.595. The molecule has 0 aliphatic heterocycles. The Morgan fingerprint density at radius 1 is 1.35 bits per heavy atom. The maximum atomic E-state index is 11.2. The highest BCUT2D eigenvalue weighted by Crippen LogP contribution is 2.26. The summed E-state index contributed by atoms with van der Waals surface area (Å²) in [7, 11) is -3.83. The van der Waals surface area contributed by atoms with E-state index in [0.717, 1.165) is 11.3 Å². The molecular weight excluding hydrogens is 302 g/mol. The van der Waals surface area contributed by atoms with Crippen LogP contribution in [0, 0.1) is 4.91 Å². The van der Waals surface area contributed by atoms with Gasteiger partial charge in [-0.05, 0) is 17.3 Å². The summed E-state index contributed by atoms with van der Waals surface area (Å²) in [6.45, 7) is 0. The van der Waals surface area contributed by atoms with E-state index >= 15 is 0 Å². The van der Waals surface area contributed by atoms with E-state index in [9.17, 15) is 13.3 Å². The van der Waals surface area contributed by atoms with Crippen molar-refractivity contribution >= 4 is 32.0 Å². The molecule has 0 aliphatic rings. The number of benzene rings is 1. The quantitative estimate of drug-likeness (QED) is 0.735. The van der Waals surface area contributed by atoms with Gasteiger partial charge in [-0.1, -0.05) is 23.5 Å². The summed E-state index contributed by atoms with van der Waals surface area (Å²) in [5.41, 5.74) is 1.55. The summed E-state index contributed by atoms with van der Waals surface area (Å²) in [5, 5.41) is 11.7. The number of fused-ring (bicyclic) bond motifs is 1. The molecule has 0 fully saturated rings. The Hall–Kier alpha value is -2.17. The summed E-state index contributed by atoms with van der Waals surface area (Å²) in [6, 6.07) is 6.61. The van der Waals surface area contributed by atoms with Crippen LogP contribution < -0.4 is 5.14 Å². The summed E-state index contributed by atoms with van der Waals surface area (Å²) < 4.78 is 23.5. The van der Waals surface area contributed by atoms with Crippen LogP contribution in [0.5, 0.6) is 0 Å². The van der Waals surface area contributed by atoms with Crippen molar-refractivity contribution in [2.75, 3.05) is 0 Å². The first-order valence-corrected chi connectivity index (χ1v) is 7.66. The fourth-order valence-corrected chi connectivity index (χ4v) is 3.16. The van der Waals surface area contributed by atoms with E-state index in [1.807, 2.05) is 0 Å². The highest BCUT2D eigenvalue weighted by atomic mass is 32.2. The average Bonchev–Trinajstić information content (AvgIpc) is 2.96.